The average molecular weight is 822 g/mol. The van der Waals surface area contributed by atoms with E-state index < -0.39 is 15.4 Å². The normalized spacial score (nSPS) is 13.9. The van der Waals surface area contributed by atoms with Crippen molar-refractivity contribution in [1.29, 1.82) is 0 Å². The second-order valence-corrected chi connectivity index (χ2v) is 22.1. The summed E-state index contributed by atoms with van der Waals surface area (Å²) < 4.78 is 4.70. The molecule has 0 nitrogen and oxygen atoms in total. The van der Waals surface area contributed by atoms with Crippen LogP contribution in [0.1, 0.15) is 25.0 Å². The maximum atomic E-state index is 2.53. The van der Waals surface area contributed by atoms with Gasteiger partial charge in [0.25, 0.3) is 0 Å². The van der Waals surface area contributed by atoms with Gasteiger partial charge in [0.05, 0.1) is 0 Å². The predicted molar refractivity (Wildman–Crippen MR) is 244 cm³/mol. The molecule has 0 saturated heterocycles. The summed E-state index contributed by atoms with van der Waals surface area (Å²) in [7, 11) is 0. The Morgan fingerprint density at radius 1 is 0.382 bits per heavy atom. The second kappa shape index (κ2) is 12.6. The number of hydrogen-bond donors (Lipinski definition) is 0. The first-order valence-corrected chi connectivity index (χ1v) is 24.6. The molecule has 0 aromatic heterocycles. The SMILES string of the molecule is CC1(C)c2ccccc2-c2c(-c3c4cccc(-c5cccc(-c6cccc[c]6[GeH3])c5)c4cc4c(-c5cccc6[c]5[GeH2][c]5ccccc5-6)cccc34)cccc21. The fourth-order valence-corrected chi connectivity index (χ4v) is 15.9. The van der Waals surface area contributed by atoms with Gasteiger partial charge in [-0.2, -0.15) is 0 Å². The Labute approximate surface area is 337 Å². The summed E-state index contributed by atoms with van der Waals surface area (Å²) in [5, 5.41) is 5.25. The van der Waals surface area contributed by atoms with Gasteiger partial charge in [-0.3, -0.25) is 0 Å². The van der Waals surface area contributed by atoms with Crippen molar-refractivity contribution >= 4 is 66.7 Å². The van der Waals surface area contributed by atoms with Gasteiger partial charge in [-0.25, -0.2) is 0 Å². The van der Waals surface area contributed by atoms with E-state index in [4.69, 9.17) is 0 Å². The first-order chi connectivity index (χ1) is 27.0. The Hall–Kier alpha value is -5.41. The molecule has 0 fully saturated rings. The van der Waals surface area contributed by atoms with Gasteiger partial charge in [-0.1, -0.05) is 0 Å². The third-order valence-corrected chi connectivity index (χ3v) is 18.9. The Kier molecular flexibility index (Phi) is 7.53. The molecule has 55 heavy (non-hydrogen) atoms. The molecule has 0 spiro atoms. The van der Waals surface area contributed by atoms with Gasteiger partial charge in [-0.15, -0.1) is 0 Å². The van der Waals surface area contributed by atoms with Crippen LogP contribution < -0.4 is 13.2 Å². The summed E-state index contributed by atoms with van der Waals surface area (Å²) >= 11 is -0.596. The molecule has 9 aromatic carbocycles. The summed E-state index contributed by atoms with van der Waals surface area (Å²) in [4.78, 5) is 0. The third kappa shape index (κ3) is 4.97. The first kappa shape index (κ1) is 33.0. The molecule has 2 aliphatic rings. The van der Waals surface area contributed by atoms with Crippen LogP contribution >= 0.6 is 0 Å². The fourth-order valence-electron chi connectivity index (χ4n) is 10.1. The van der Waals surface area contributed by atoms with Crippen molar-refractivity contribution in [2.45, 2.75) is 19.3 Å². The van der Waals surface area contributed by atoms with E-state index in [-0.39, 0.29) is 5.41 Å². The van der Waals surface area contributed by atoms with E-state index in [2.05, 4.69) is 190 Å². The van der Waals surface area contributed by atoms with E-state index in [1.165, 1.54) is 104 Å². The number of fused-ring (bicyclic) bond motifs is 8. The van der Waals surface area contributed by atoms with Crippen molar-refractivity contribution in [3.05, 3.63) is 187 Å². The molecule has 0 N–H and O–H groups in total. The molecule has 9 aromatic rings. The van der Waals surface area contributed by atoms with Gasteiger partial charge in [-0.05, 0) is 0 Å². The maximum absolute atomic E-state index is 2.53. The molecule has 1 aliphatic heterocycles. The summed E-state index contributed by atoms with van der Waals surface area (Å²) in [5.74, 6) is 0. The molecule has 2 heteroatoms. The van der Waals surface area contributed by atoms with Crippen LogP contribution in [0.2, 0.25) is 0 Å². The van der Waals surface area contributed by atoms with Crippen LogP contribution in [0, 0.1) is 0 Å². The van der Waals surface area contributed by atoms with Crippen LogP contribution in [-0.2, 0) is 5.41 Å². The van der Waals surface area contributed by atoms with Crippen LogP contribution in [0.25, 0.3) is 88.3 Å². The minimum absolute atomic E-state index is 0.0790. The van der Waals surface area contributed by atoms with Crippen molar-refractivity contribution in [3.8, 4) is 66.8 Å². The third-order valence-electron chi connectivity index (χ3n) is 12.7. The predicted octanol–water partition coefficient (Wildman–Crippen LogP) is 10.1. The van der Waals surface area contributed by atoms with E-state index >= 15 is 0 Å². The zero-order valence-electron chi connectivity index (χ0n) is 31.5. The summed E-state index contributed by atoms with van der Waals surface area (Å²) in [6.45, 7) is 4.78. The van der Waals surface area contributed by atoms with E-state index in [1.54, 1.807) is 8.79 Å². The van der Waals surface area contributed by atoms with Crippen molar-refractivity contribution < 1.29 is 0 Å². The quantitative estimate of drug-likeness (QED) is 0.123. The van der Waals surface area contributed by atoms with Crippen LogP contribution in [0.5, 0.6) is 0 Å². The monoisotopic (exact) mass is 824 g/mol. The van der Waals surface area contributed by atoms with Crippen LogP contribution in [0.4, 0.5) is 0 Å². The molecule has 260 valence electrons. The van der Waals surface area contributed by atoms with E-state index in [0.29, 0.717) is 16.5 Å². The van der Waals surface area contributed by atoms with Crippen LogP contribution in [0.15, 0.2) is 176 Å². The van der Waals surface area contributed by atoms with E-state index in [1.807, 2.05) is 0 Å². The fraction of sp³-hybridized carbons (Fsp3) is 0.0566. The average Bonchev–Trinajstić information content (AvgIpc) is 3.72. The topological polar surface area (TPSA) is 0 Å². The van der Waals surface area contributed by atoms with Crippen LogP contribution in [0.3, 0.4) is 0 Å². The summed E-state index contributed by atoms with van der Waals surface area (Å²) in [5.41, 5.74) is 19.0. The number of hydrogen-bond acceptors (Lipinski definition) is 0. The zero-order valence-corrected chi connectivity index (χ0v) is 38.6. The molecule has 0 bridgehead atoms. The van der Waals surface area contributed by atoms with Crippen LogP contribution in [-0.4, -0.2) is 31.9 Å². The Bertz CT molecular complexity index is 3060. The molecular formula is C53H40Ge2. The van der Waals surface area contributed by atoms with Gasteiger partial charge < -0.3 is 0 Å². The van der Waals surface area contributed by atoms with Crippen molar-refractivity contribution in [2.24, 2.45) is 0 Å². The Morgan fingerprint density at radius 3 is 1.71 bits per heavy atom. The Morgan fingerprint density at radius 2 is 0.909 bits per heavy atom. The van der Waals surface area contributed by atoms with Gasteiger partial charge >= 0.3 is 340 Å². The van der Waals surface area contributed by atoms with Gasteiger partial charge in [0.15, 0.2) is 0 Å². The van der Waals surface area contributed by atoms with Gasteiger partial charge in [0.1, 0.15) is 0 Å². The molecule has 0 saturated carbocycles. The molecule has 0 unspecified atom stereocenters. The molecule has 0 amide bonds. The first-order valence-electron chi connectivity index (χ1n) is 19.6. The summed E-state index contributed by atoms with van der Waals surface area (Å²) in [6.07, 6.45) is 0. The standard InChI is InChI=1S/C53H40Ge2/c1-53(2)46-26-6-3-18-42(46)51-43(25-13-27-47(51)53)50-38-21-10-19-34(32-14-9-15-33(30-32)35-16-4-7-28-48(35)54)44(38)31-45-36(20-11-22-39(45)50)40-23-12-24-41-37-17-5-8-29-49(37)55-52(40)41/h3-31H,55H2,1-2,54H3. The second-order valence-electron chi connectivity index (χ2n) is 16.0. The Balaban J connectivity index is 1.24. The van der Waals surface area contributed by atoms with Crippen molar-refractivity contribution in [1.82, 2.24) is 0 Å². The minimum atomic E-state index is -1.19. The molecule has 0 atom stereocenters. The van der Waals surface area contributed by atoms with Crippen molar-refractivity contribution in [2.75, 3.05) is 0 Å². The molecule has 1 aliphatic carbocycles. The zero-order chi connectivity index (χ0) is 36.8. The summed E-state index contributed by atoms with van der Waals surface area (Å²) in [6, 6.07) is 67.1. The van der Waals surface area contributed by atoms with Gasteiger partial charge in [0.2, 0.25) is 0 Å². The van der Waals surface area contributed by atoms with Gasteiger partial charge in [0, 0.05) is 0 Å². The molecule has 1 heterocycles. The molecule has 11 rings (SSSR count). The molecular weight excluding hydrogens is 782 g/mol. The van der Waals surface area contributed by atoms with Crippen molar-refractivity contribution in [3.63, 3.8) is 0 Å². The number of benzene rings is 9. The molecule has 0 radical (unpaired) electrons. The van der Waals surface area contributed by atoms with E-state index in [9.17, 15) is 0 Å². The van der Waals surface area contributed by atoms with E-state index in [0.717, 1.165) is 0 Å². The number of rotatable bonds is 4.